The van der Waals surface area contributed by atoms with Gasteiger partial charge in [0.15, 0.2) is 0 Å². The molecular weight excluding hydrogens is 282 g/mol. The second-order valence-corrected chi connectivity index (χ2v) is 6.00. The van der Waals surface area contributed by atoms with E-state index in [0.717, 1.165) is 12.0 Å². The molecule has 3 nitrogen and oxygen atoms in total. The van der Waals surface area contributed by atoms with Crippen molar-refractivity contribution in [2.45, 2.75) is 38.4 Å². The third-order valence-electron chi connectivity index (χ3n) is 3.35. The van der Waals surface area contributed by atoms with Gasteiger partial charge in [-0.3, -0.25) is 10.1 Å². The van der Waals surface area contributed by atoms with Crippen LogP contribution in [-0.4, -0.2) is 9.75 Å². The Morgan fingerprint density at radius 1 is 1.41 bits per heavy atom. The summed E-state index contributed by atoms with van der Waals surface area (Å²) in [5, 5.41) is 10.9. The lowest BCUT2D eigenvalue weighted by molar-refractivity contribution is -0.385. The lowest BCUT2D eigenvalue weighted by Crippen LogP contribution is -2.25. The molecule has 0 N–H and O–H groups in total. The first-order valence-electron chi connectivity index (χ1n) is 5.75. The molecule has 0 aliphatic carbocycles. The van der Waals surface area contributed by atoms with Gasteiger partial charge in [-0.15, -0.1) is 0 Å². The molecule has 0 fully saturated rings. The summed E-state index contributed by atoms with van der Waals surface area (Å²) in [5.74, 6) is 0. The van der Waals surface area contributed by atoms with E-state index in [1.165, 1.54) is 0 Å². The molecule has 0 radical (unpaired) electrons. The number of para-hydroxylation sites is 1. The molecule has 0 spiro atoms. The molecule has 0 amide bonds. The molecule has 1 aromatic rings. The zero-order valence-corrected chi connectivity index (χ0v) is 12.0. The molecule has 1 atom stereocenters. The Morgan fingerprint density at radius 2 is 2.00 bits per heavy atom. The van der Waals surface area contributed by atoms with Gasteiger partial charge in [-0.2, -0.15) is 0 Å². The predicted molar refractivity (Wildman–Crippen MR) is 73.6 cm³/mol. The smallest absolute Gasteiger partial charge is 0.258 e. The van der Waals surface area contributed by atoms with E-state index < -0.39 is 0 Å². The Kier molecular flexibility index (Phi) is 4.69. The molecule has 17 heavy (non-hydrogen) atoms. The van der Waals surface area contributed by atoms with Crippen molar-refractivity contribution in [1.29, 1.82) is 0 Å². The Bertz CT molecular complexity index is 404. The minimum absolute atomic E-state index is 0.129. The molecule has 1 aromatic carbocycles. The SMILES string of the molecule is CCC(C)(C)C(Br)Cc1ccccc1[N+](=O)[O-]. The van der Waals surface area contributed by atoms with E-state index in [1.807, 2.05) is 12.1 Å². The predicted octanol–water partition coefficient (Wildman–Crippen LogP) is 4.34. The van der Waals surface area contributed by atoms with Crippen LogP contribution in [0.15, 0.2) is 24.3 Å². The first kappa shape index (κ1) is 14.2. The van der Waals surface area contributed by atoms with E-state index in [2.05, 4.69) is 36.7 Å². The number of rotatable bonds is 5. The van der Waals surface area contributed by atoms with E-state index in [0.29, 0.717) is 6.42 Å². The van der Waals surface area contributed by atoms with Crippen molar-refractivity contribution in [3.63, 3.8) is 0 Å². The van der Waals surface area contributed by atoms with Crippen LogP contribution in [0.5, 0.6) is 0 Å². The highest BCUT2D eigenvalue weighted by atomic mass is 79.9. The number of hydrogen-bond donors (Lipinski definition) is 0. The van der Waals surface area contributed by atoms with Gasteiger partial charge in [0.25, 0.3) is 5.69 Å². The van der Waals surface area contributed by atoms with E-state index >= 15 is 0 Å². The van der Waals surface area contributed by atoms with Crippen LogP contribution in [-0.2, 0) is 6.42 Å². The van der Waals surface area contributed by atoms with Gasteiger partial charge in [0.2, 0.25) is 0 Å². The zero-order chi connectivity index (χ0) is 13.1. The van der Waals surface area contributed by atoms with E-state index in [-0.39, 0.29) is 20.9 Å². The van der Waals surface area contributed by atoms with Crippen molar-refractivity contribution in [3.05, 3.63) is 39.9 Å². The fourth-order valence-corrected chi connectivity index (χ4v) is 2.22. The normalized spacial score (nSPS) is 13.4. The van der Waals surface area contributed by atoms with Gasteiger partial charge in [0, 0.05) is 16.5 Å². The second kappa shape index (κ2) is 5.63. The molecule has 0 aliphatic heterocycles. The maximum absolute atomic E-state index is 10.9. The van der Waals surface area contributed by atoms with Crippen LogP contribution in [0.3, 0.4) is 0 Å². The molecule has 0 bridgehead atoms. The molecule has 0 saturated heterocycles. The monoisotopic (exact) mass is 299 g/mol. The molecule has 1 rings (SSSR count). The van der Waals surface area contributed by atoms with Gasteiger partial charge >= 0.3 is 0 Å². The number of benzene rings is 1. The molecule has 94 valence electrons. The summed E-state index contributed by atoms with van der Waals surface area (Å²) in [5.41, 5.74) is 1.13. The van der Waals surface area contributed by atoms with Gasteiger partial charge in [-0.25, -0.2) is 0 Å². The highest BCUT2D eigenvalue weighted by Crippen LogP contribution is 2.34. The van der Waals surface area contributed by atoms with Crippen LogP contribution in [0.1, 0.15) is 32.8 Å². The summed E-state index contributed by atoms with van der Waals surface area (Å²) >= 11 is 3.66. The van der Waals surface area contributed by atoms with Gasteiger partial charge in [-0.05, 0) is 18.3 Å². The van der Waals surface area contributed by atoms with E-state index in [1.54, 1.807) is 12.1 Å². The number of hydrogen-bond acceptors (Lipinski definition) is 2. The molecule has 0 saturated carbocycles. The highest BCUT2D eigenvalue weighted by molar-refractivity contribution is 9.09. The summed E-state index contributed by atoms with van der Waals surface area (Å²) in [7, 11) is 0. The first-order valence-corrected chi connectivity index (χ1v) is 6.66. The van der Waals surface area contributed by atoms with E-state index in [9.17, 15) is 10.1 Å². The summed E-state index contributed by atoms with van der Waals surface area (Å²) in [6.45, 7) is 6.47. The van der Waals surface area contributed by atoms with Crippen molar-refractivity contribution in [3.8, 4) is 0 Å². The summed E-state index contributed by atoms with van der Waals surface area (Å²) in [6, 6.07) is 6.95. The maximum atomic E-state index is 10.9. The van der Waals surface area contributed by atoms with Crippen molar-refractivity contribution in [2.24, 2.45) is 5.41 Å². The van der Waals surface area contributed by atoms with Crippen molar-refractivity contribution < 1.29 is 4.92 Å². The average Bonchev–Trinajstić information content (AvgIpc) is 2.29. The number of halogens is 1. The van der Waals surface area contributed by atoms with Crippen molar-refractivity contribution in [1.82, 2.24) is 0 Å². The van der Waals surface area contributed by atoms with Gasteiger partial charge in [0.1, 0.15) is 0 Å². The topological polar surface area (TPSA) is 43.1 Å². The molecule has 4 heteroatoms. The van der Waals surface area contributed by atoms with Crippen LogP contribution in [0, 0.1) is 15.5 Å². The summed E-state index contributed by atoms with van der Waals surface area (Å²) < 4.78 is 0. The van der Waals surface area contributed by atoms with Crippen molar-refractivity contribution in [2.75, 3.05) is 0 Å². The molecule has 0 heterocycles. The van der Waals surface area contributed by atoms with Gasteiger partial charge in [-0.1, -0.05) is 54.9 Å². The third-order valence-corrected chi connectivity index (χ3v) is 4.91. The van der Waals surface area contributed by atoms with Crippen LogP contribution in [0.25, 0.3) is 0 Å². The molecule has 0 aliphatic rings. The Hall–Kier alpha value is -0.900. The van der Waals surface area contributed by atoms with Crippen molar-refractivity contribution >= 4 is 21.6 Å². The Balaban J connectivity index is 2.92. The van der Waals surface area contributed by atoms with Crippen LogP contribution < -0.4 is 0 Å². The minimum atomic E-state index is -0.312. The lowest BCUT2D eigenvalue weighted by Gasteiger charge is -2.29. The average molecular weight is 300 g/mol. The summed E-state index contributed by atoms with van der Waals surface area (Å²) in [6.07, 6.45) is 1.71. The quantitative estimate of drug-likeness (QED) is 0.461. The van der Waals surface area contributed by atoms with Crippen LogP contribution in [0.2, 0.25) is 0 Å². The van der Waals surface area contributed by atoms with Gasteiger partial charge in [0.05, 0.1) is 4.92 Å². The molecule has 0 aromatic heterocycles. The second-order valence-electron chi connectivity index (χ2n) is 4.90. The Labute approximate surface area is 111 Å². The first-order chi connectivity index (χ1) is 7.88. The number of nitro benzene ring substituents is 1. The molecule has 1 unspecified atom stereocenters. The number of nitrogens with zero attached hydrogens (tertiary/aromatic N) is 1. The number of nitro groups is 1. The standard InChI is InChI=1S/C13H18BrNO2/c1-4-13(2,3)12(14)9-10-7-5-6-8-11(10)15(16)17/h5-8,12H,4,9H2,1-3H3. The Morgan fingerprint density at radius 3 is 2.53 bits per heavy atom. The minimum Gasteiger partial charge on any atom is -0.258 e. The molecular formula is C13H18BrNO2. The zero-order valence-electron chi connectivity index (χ0n) is 10.4. The van der Waals surface area contributed by atoms with Gasteiger partial charge < -0.3 is 0 Å². The maximum Gasteiger partial charge on any atom is 0.272 e. The fraction of sp³-hybridized carbons (Fsp3) is 0.538. The third kappa shape index (κ3) is 3.53. The van der Waals surface area contributed by atoms with E-state index in [4.69, 9.17) is 0 Å². The largest absolute Gasteiger partial charge is 0.272 e. The van der Waals surface area contributed by atoms with Crippen LogP contribution in [0.4, 0.5) is 5.69 Å². The lowest BCUT2D eigenvalue weighted by atomic mass is 9.83. The highest BCUT2D eigenvalue weighted by Gasteiger charge is 2.27. The van der Waals surface area contributed by atoms with Crippen LogP contribution >= 0.6 is 15.9 Å². The number of alkyl halides is 1. The fourth-order valence-electron chi connectivity index (χ4n) is 1.55. The summed E-state index contributed by atoms with van der Waals surface area (Å²) in [4.78, 5) is 10.8.